The van der Waals surface area contributed by atoms with Gasteiger partial charge in [0.2, 0.25) is 0 Å². The maximum Gasteiger partial charge on any atom is 0.0410 e. The molecule has 2 heteroatoms. The molecule has 12 heavy (non-hydrogen) atoms. The normalized spacial score (nSPS) is 11.7. The van der Waals surface area contributed by atoms with Crippen molar-refractivity contribution < 1.29 is 0 Å². The molecular formula is C10H14BrN. The standard InChI is InChI=1S/C10H14BrN/c1-4-10(2,3)8-5-9(11)7-12-6-8/h5-7H,4H2,1-3H3. The van der Waals surface area contributed by atoms with Crippen molar-refractivity contribution in [2.75, 3.05) is 0 Å². The zero-order chi connectivity index (χ0) is 9.19. The van der Waals surface area contributed by atoms with Gasteiger partial charge in [-0.3, -0.25) is 4.98 Å². The molecule has 0 aliphatic rings. The molecule has 1 nitrogen and oxygen atoms in total. The SMILES string of the molecule is CCC(C)(C)c1cncc(Br)c1. The summed E-state index contributed by atoms with van der Waals surface area (Å²) in [5.74, 6) is 0. The number of nitrogens with zero attached hydrogens (tertiary/aromatic N) is 1. The van der Waals surface area contributed by atoms with Gasteiger partial charge in [-0.2, -0.15) is 0 Å². The predicted octanol–water partition coefficient (Wildman–Crippen LogP) is 3.53. The summed E-state index contributed by atoms with van der Waals surface area (Å²) in [4.78, 5) is 4.15. The zero-order valence-electron chi connectivity index (χ0n) is 7.76. The van der Waals surface area contributed by atoms with Gasteiger partial charge < -0.3 is 0 Å². The van der Waals surface area contributed by atoms with E-state index in [2.05, 4.69) is 47.8 Å². The highest BCUT2D eigenvalue weighted by Crippen LogP contribution is 2.27. The van der Waals surface area contributed by atoms with Gasteiger partial charge in [0.25, 0.3) is 0 Å². The molecule has 0 radical (unpaired) electrons. The molecule has 0 saturated heterocycles. The van der Waals surface area contributed by atoms with Crippen LogP contribution in [0.3, 0.4) is 0 Å². The molecule has 0 aliphatic carbocycles. The van der Waals surface area contributed by atoms with Crippen molar-refractivity contribution in [2.45, 2.75) is 32.6 Å². The fourth-order valence-corrected chi connectivity index (χ4v) is 1.35. The van der Waals surface area contributed by atoms with Crippen LogP contribution in [0.15, 0.2) is 22.9 Å². The quantitative estimate of drug-likeness (QED) is 0.754. The van der Waals surface area contributed by atoms with Gasteiger partial charge in [0.15, 0.2) is 0 Å². The first-order valence-corrected chi connectivity index (χ1v) is 4.96. The van der Waals surface area contributed by atoms with Crippen LogP contribution in [-0.2, 0) is 5.41 Å². The Kier molecular flexibility index (Phi) is 2.89. The Morgan fingerprint density at radius 1 is 1.42 bits per heavy atom. The van der Waals surface area contributed by atoms with E-state index in [1.807, 2.05) is 12.4 Å². The molecule has 1 aromatic rings. The van der Waals surface area contributed by atoms with Gasteiger partial charge in [-0.15, -0.1) is 0 Å². The molecule has 0 amide bonds. The Morgan fingerprint density at radius 3 is 2.58 bits per heavy atom. The molecule has 1 heterocycles. The van der Waals surface area contributed by atoms with Crippen molar-refractivity contribution >= 4 is 15.9 Å². The van der Waals surface area contributed by atoms with Gasteiger partial charge in [-0.1, -0.05) is 20.8 Å². The van der Waals surface area contributed by atoms with Crippen LogP contribution in [-0.4, -0.2) is 4.98 Å². The molecule has 0 spiro atoms. The maximum atomic E-state index is 4.15. The third-order valence-electron chi connectivity index (χ3n) is 2.37. The Bertz CT molecular complexity index is 268. The van der Waals surface area contributed by atoms with E-state index in [1.165, 1.54) is 5.56 Å². The van der Waals surface area contributed by atoms with Crippen molar-refractivity contribution in [3.05, 3.63) is 28.5 Å². The van der Waals surface area contributed by atoms with Crippen molar-refractivity contribution in [2.24, 2.45) is 0 Å². The van der Waals surface area contributed by atoms with Crippen LogP contribution in [0.4, 0.5) is 0 Å². The van der Waals surface area contributed by atoms with E-state index in [-0.39, 0.29) is 5.41 Å². The van der Waals surface area contributed by atoms with E-state index < -0.39 is 0 Å². The average molecular weight is 228 g/mol. The van der Waals surface area contributed by atoms with Crippen molar-refractivity contribution in [3.63, 3.8) is 0 Å². The first-order chi connectivity index (χ1) is 5.56. The summed E-state index contributed by atoms with van der Waals surface area (Å²) in [6.07, 6.45) is 4.88. The topological polar surface area (TPSA) is 12.9 Å². The van der Waals surface area contributed by atoms with Crippen LogP contribution in [0.1, 0.15) is 32.8 Å². The summed E-state index contributed by atoms with van der Waals surface area (Å²) >= 11 is 3.42. The lowest BCUT2D eigenvalue weighted by Gasteiger charge is -2.22. The Morgan fingerprint density at radius 2 is 2.08 bits per heavy atom. The summed E-state index contributed by atoms with van der Waals surface area (Å²) in [5, 5.41) is 0. The molecule has 0 saturated carbocycles. The number of halogens is 1. The van der Waals surface area contributed by atoms with Crippen LogP contribution in [0.25, 0.3) is 0 Å². The van der Waals surface area contributed by atoms with Crippen molar-refractivity contribution in [3.8, 4) is 0 Å². The summed E-state index contributed by atoms with van der Waals surface area (Å²) in [6.45, 7) is 6.66. The van der Waals surface area contributed by atoms with Gasteiger partial charge in [-0.05, 0) is 39.4 Å². The fourth-order valence-electron chi connectivity index (χ4n) is 0.986. The number of rotatable bonds is 2. The van der Waals surface area contributed by atoms with Crippen LogP contribution in [0.2, 0.25) is 0 Å². The summed E-state index contributed by atoms with van der Waals surface area (Å²) in [5.41, 5.74) is 1.52. The van der Waals surface area contributed by atoms with E-state index in [0.29, 0.717) is 0 Å². The monoisotopic (exact) mass is 227 g/mol. The molecule has 1 aromatic heterocycles. The first-order valence-electron chi connectivity index (χ1n) is 4.17. The smallest absolute Gasteiger partial charge is 0.0410 e. The predicted molar refractivity (Wildman–Crippen MR) is 55.3 cm³/mol. The molecule has 0 unspecified atom stereocenters. The van der Waals surface area contributed by atoms with Crippen LogP contribution in [0, 0.1) is 0 Å². The van der Waals surface area contributed by atoms with Crippen molar-refractivity contribution in [1.29, 1.82) is 0 Å². The molecule has 66 valence electrons. The highest BCUT2D eigenvalue weighted by molar-refractivity contribution is 9.10. The molecule has 0 bridgehead atoms. The molecule has 0 fully saturated rings. The van der Waals surface area contributed by atoms with Crippen LogP contribution < -0.4 is 0 Å². The second kappa shape index (κ2) is 3.56. The Hall–Kier alpha value is -0.370. The number of hydrogen-bond acceptors (Lipinski definition) is 1. The highest BCUT2D eigenvalue weighted by atomic mass is 79.9. The lowest BCUT2D eigenvalue weighted by Crippen LogP contribution is -2.15. The largest absolute Gasteiger partial charge is 0.263 e. The number of pyridine rings is 1. The first kappa shape index (κ1) is 9.72. The minimum absolute atomic E-state index is 0.233. The van der Waals surface area contributed by atoms with E-state index >= 15 is 0 Å². The van der Waals surface area contributed by atoms with Crippen molar-refractivity contribution in [1.82, 2.24) is 4.98 Å². The average Bonchev–Trinajstić information content (AvgIpc) is 2.05. The van der Waals surface area contributed by atoms with E-state index in [9.17, 15) is 0 Å². The Labute approximate surface area is 82.3 Å². The van der Waals surface area contributed by atoms with Gasteiger partial charge in [0, 0.05) is 16.9 Å². The van der Waals surface area contributed by atoms with Gasteiger partial charge in [0.1, 0.15) is 0 Å². The second-order valence-electron chi connectivity index (χ2n) is 3.63. The van der Waals surface area contributed by atoms with Gasteiger partial charge in [0.05, 0.1) is 0 Å². The second-order valence-corrected chi connectivity index (χ2v) is 4.54. The highest BCUT2D eigenvalue weighted by Gasteiger charge is 2.17. The summed E-state index contributed by atoms with van der Waals surface area (Å²) in [6, 6.07) is 2.14. The van der Waals surface area contributed by atoms with E-state index in [1.54, 1.807) is 0 Å². The van der Waals surface area contributed by atoms with E-state index in [4.69, 9.17) is 0 Å². The number of aromatic nitrogens is 1. The third kappa shape index (κ3) is 2.07. The Balaban J connectivity index is 3.03. The zero-order valence-corrected chi connectivity index (χ0v) is 9.35. The molecular weight excluding hydrogens is 214 g/mol. The minimum atomic E-state index is 0.233. The summed E-state index contributed by atoms with van der Waals surface area (Å²) < 4.78 is 1.06. The van der Waals surface area contributed by atoms with E-state index in [0.717, 1.165) is 10.9 Å². The molecule has 1 rings (SSSR count). The summed E-state index contributed by atoms with van der Waals surface area (Å²) in [7, 11) is 0. The molecule has 0 atom stereocenters. The van der Waals surface area contributed by atoms with Crippen LogP contribution >= 0.6 is 15.9 Å². The lowest BCUT2D eigenvalue weighted by atomic mass is 9.83. The lowest BCUT2D eigenvalue weighted by molar-refractivity contribution is 0.504. The molecule has 0 aliphatic heterocycles. The minimum Gasteiger partial charge on any atom is -0.263 e. The van der Waals surface area contributed by atoms with Gasteiger partial charge >= 0.3 is 0 Å². The molecule has 0 aromatic carbocycles. The third-order valence-corrected chi connectivity index (χ3v) is 2.80. The fraction of sp³-hybridized carbons (Fsp3) is 0.500. The van der Waals surface area contributed by atoms with Gasteiger partial charge in [-0.25, -0.2) is 0 Å². The molecule has 0 N–H and O–H groups in total. The maximum absolute atomic E-state index is 4.15. The number of hydrogen-bond donors (Lipinski definition) is 0. The van der Waals surface area contributed by atoms with Crippen LogP contribution in [0.5, 0.6) is 0 Å².